The average Bonchev–Trinajstić information content (AvgIpc) is 3.42. The third kappa shape index (κ3) is 3.81. The van der Waals surface area contributed by atoms with E-state index in [4.69, 9.17) is 4.52 Å². The second kappa shape index (κ2) is 8.35. The zero-order valence-electron chi connectivity index (χ0n) is 17.4. The average molecular weight is 420 g/mol. The Morgan fingerprint density at radius 2 is 1.69 bits per heavy atom. The third-order valence-corrected chi connectivity index (χ3v) is 5.17. The van der Waals surface area contributed by atoms with Gasteiger partial charge in [0.2, 0.25) is 0 Å². The van der Waals surface area contributed by atoms with Crippen molar-refractivity contribution in [2.45, 2.75) is 6.92 Å². The summed E-state index contributed by atoms with van der Waals surface area (Å²) in [5.74, 6) is 0.867. The lowest BCUT2D eigenvalue weighted by atomic mass is 10.1. The van der Waals surface area contributed by atoms with Crippen molar-refractivity contribution in [1.82, 2.24) is 15.1 Å². The molecular weight excluding hydrogens is 400 g/mol. The number of imidazole rings is 1. The fraction of sp³-hybridized carbons (Fsp3) is 0.0385. The fourth-order valence-electron chi connectivity index (χ4n) is 3.54. The van der Waals surface area contributed by atoms with Gasteiger partial charge in [0.1, 0.15) is 17.2 Å². The smallest absolute Gasteiger partial charge is 0.256 e. The first-order chi connectivity index (χ1) is 15.7. The first kappa shape index (κ1) is 19.5. The zero-order chi connectivity index (χ0) is 21.9. The Labute approximate surface area is 184 Å². The van der Waals surface area contributed by atoms with Crippen LogP contribution in [-0.2, 0) is 0 Å². The number of hydrogen-bond acceptors (Lipinski definition) is 4. The largest absolute Gasteiger partial charge is 0.354 e. The molecule has 5 aromatic rings. The number of para-hydroxylation sites is 2. The Kier molecular flexibility index (Phi) is 5.09. The minimum atomic E-state index is -0.262. The van der Waals surface area contributed by atoms with Crippen LogP contribution in [0.1, 0.15) is 27.4 Å². The Morgan fingerprint density at radius 1 is 0.938 bits per heavy atom. The molecule has 0 saturated carbocycles. The van der Waals surface area contributed by atoms with E-state index in [2.05, 4.69) is 20.4 Å². The van der Waals surface area contributed by atoms with Gasteiger partial charge < -0.3 is 14.8 Å². The number of hydrogen-bond donors (Lipinski definition) is 2. The Hall–Kier alpha value is -4.45. The van der Waals surface area contributed by atoms with Crippen molar-refractivity contribution in [3.63, 3.8) is 0 Å². The number of nitrogens with one attached hydrogen (secondary N) is 2. The van der Waals surface area contributed by atoms with Crippen LogP contribution in [0.3, 0.4) is 0 Å². The lowest BCUT2D eigenvalue weighted by Crippen LogP contribution is -2.14. The van der Waals surface area contributed by atoms with E-state index in [1.54, 1.807) is 19.1 Å². The molecular formula is C26H20N4O2. The van der Waals surface area contributed by atoms with Crippen LogP contribution in [0.5, 0.6) is 0 Å². The van der Waals surface area contributed by atoms with E-state index in [1.165, 1.54) is 0 Å². The number of aryl methyl sites for hydroxylation is 1. The predicted octanol–water partition coefficient (Wildman–Crippen LogP) is 5.95. The highest BCUT2D eigenvalue weighted by molar-refractivity contribution is 6.09. The number of H-pyrrole nitrogens is 1. The van der Waals surface area contributed by atoms with Crippen molar-refractivity contribution < 1.29 is 9.32 Å². The van der Waals surface area contributed by atoms with Crippen LogP contribution in [0.25, 0.3) is 34.6 Å². The van der Waals surface area contributed by atoms with Crippen molar-refractivity contribution >= 4 is 34.8 Å². The standard InChI is InChI=1S/C26H20N4O2/c1-17-24(23(32-30-17)16-15-18-9-3-2-4-10-18)29-26(31)20-12-6-5-11-19(20)25-27-21-13-7-8-14-22(21)28-25/h2-16H,1H3,(H,27,28)(H,29,31)/b16-15+. The highest BCUT2D eigenvalue weighted by atomic mass is 16.5. The first-order valence-electron chi connectivity index (χ1n) is 10.2. The van der Waals surface area contributed by atoms with E-state index in [0.29, 0.717) is 28.5 Å². The maximum atomic E-state index is 13.3. The SMILES string of the molecule is Cc1noc(/C=C/c2ccccc2)c1NC(=O)c1ccccc1-c1nc2ccccc2[nH]1. The number of benzene rings is 3. The molecule has 0 aliphatic carbocycles. The molecule has 32 heavy (non-hydrogen) atoms. The summed E-state index contributed by atoms with van der Waals surface area (Å²) in [4.78, 5) is 21.2. The zero-order valence-corrected chi connectivity index (χ0v) is 17.4. The van der Waals surface area contributed by atoms with Gasteiger partial charge in [0.15, 0.2) is 5.76 Å². The number of carbonyl (C=O) groups excluding carboxylic acids is 1. The molecule has 0 atom stereocenters. The Morgan fingerprint density at radius 3 is 2.53 bits per heavy atom. The number of carbonyl (C=O) groups is 1. The number of rotatable bonds is 5. The summed E-state index contributed by atoms with van der Waals surface area (Å²) in [6, 6.07) is 25.0. The highest BCUT2D eigenvalue weighted by Gasteiger charge is 2.19. The van der Waals surface area contributed by atoms with Gasteiger partial charge in [0, 0.05) is 5.56 Å². The minimum absolute atomic E-state index is 0.262. The van der Waals surface area contributed by atoms with Gasteiger partial charge in [-0.15, -0.1) is 0 Å². The molecule has 6 heteroatoms. The van der Waals surface area contributed by atoms with Gasteiger partial charge in [-0.3, -0.25) is 4.79 Å². The molecule has 0 unspecified atom stereocenters. The molecule has 0 spiro atoms. The Bertz CT molecular complexity index is 1400. The fourth-order valence-corrected chi connectivity index (χ4v) is 3.54. The van der Waals surface area contributed by atoms with Crippen molar-refractivity contribution in [1.29, 1.82) is 0 Å². The monoisotopic (exact) mass is 420 g/mol. The van der Waals surface area contributed by atoms with E-state index in [0.717, 1.165) is 22.2 Å². The van der Waals surface area contributed by atoms with Crippen LogP contribution in [-0.4, -0.2) is 21.0 Å². The second-order valence-electron chi connectivity index (χ2n) is 7.35. The molecule has 2 aromatic heterocycles. The molecule has 0 fully saturated rings. The van der Waals surface area contributed by atoms with Crippen LogP contribution in [0.2, 0.25) is 0 Å². The lowest BCUT2D eigenvalue weighted by molar-refractivity contribution is 0.102. The van der Waals surface area contributed by atoms with E-state index in [9.17, 15) is 4.79 Å². The number of aromatic nitrogens is 3. The molecule has 0 bridgehead atoms. The molecule has 5 rings (SSSR count). The van der Waals surface area contributed by atoms with Crippen LogP contribution < -0.4 is 5.32 Å². The molecule has 0 saturated heterocycles. The lowest BCUT2D eigenvalue weighted by Gasteiger charge is -2.08. The molecule has 2 heterocycles. The summed E-state index contributed by atoms with van der Waals surface area (Å²) in [5, 5.41) is 6.99. The molecule has 156 valence electrons. The quantitative estimate of drug-likeness (QED) is 0.368. The van der Waals surface area contributed by atoms with Crippen LogP contribution in [0.4, 0.5) is 5.69 Å². The number of anilines is 1. The van der Waals surface area contributed by atoms with Gasteiger partial charge in [0.05, 0.1) is 16.6 Å². The second-order valence-corrected chi connectivity index (χ2v) is 7.35. The van der Waals surface area contributed by atoms with Crippen molar-refractivity contribution in [3.05, 3.63) is 101 Å². The predicted molar refractivity (Wildman–Crippen MR) is 126 cm³/mol. The van der Waals surface area contributed by atoms with Gasteiger partial charge in [0.25, 0.3) is 5.91 Å². The summed E-state index contributed by atoms with van der Waals surface area (Å²) < 4.78 is 5.44. The number of nitrogens with zero attached hydrogens (tertiary/aromatic N) is 2. The molecule has 3 aromatic carbocycles. The van der Waals surface area contributed by atoms with Crippen LogP contribution >= 0.6 is 0 Å². The minimum Gasteiger partial charge on any atom is -0.354 e. The van der Waals surface area contributed by atoms with Gasteiger partial charge in [-0.2, -0.15) is 0 Å². The first-order valence-corrected chi connectivity index (χ1v) is 10.2. The van der Waals surface area contributed by atoms with Crippen LogP contribution in [0, 0.1) is 6.92 Å². The van der Waals surface area contributed by atoms with E-state index >= 15 is 0 Å². The van der Waals surface area contributed by atoms with E-state index in [1.807, 2.05) is 78.9 Å². The van der Waals surface area contributed by atoms with Crippen molar-refractivity contribution in [2.24, 2.45) is 0 Å². The molecule has 1 amide bonds. The maximum absolute atomic E-state index is 13.3. The van der Waals surface area contributed by atoms with E-state index in [-0.39, 0.29) is 5.91 Å². The number of aromatic amines is 1. The summed E-state index contributed by atoms with van der Waals surface area (Å²) >= 11 is 0. The van der Waals surface area contributed by atoms with Crippen molar-refractivity contribution in [3.8, 4) is 11.4 Å². The molecule has 0 radical (unpaired) electrons. The molecule has 2 N–H and O–H groups in total. The third-order valence-electron chi connectivity index (χ3n) is 5.17. The molecule has 0 aliphatic heterocycles. The molecule has 6 nitrogen and oxygen atoms in total. The molecule has 0 aliphatic rings. The number of fused-ring (bicyclic) bond motifs is 1. The summed E-state index contributed by atoms with van der Waals surface area (Å²) in [7, 11) is 0. The summed E-state index contributed by atoms with van der Waals surface area (Å²) in [5.41, 5.74) is 5.16. The van der Waals surface area contributed by atoms with Gasteiger partial charge in [-0.05, 0) is 36.8 Å². The van der Waals surface area contributed by atoms with Gasteiger partial charge in [-0.25, -0.2) is 4.98 Å². The Balaban J connectivity index is 1.46. The number of amides is 1. The maximum Gasteiger partial charge on any atom is 0.256 e. The summed E-state index contributed by atoms with van der Waals surface area (Å²) in [6.07, 6.45) is 3.72. The highest BCUT2D eigenvalue weighted by Crippen LogP contribution is 2.27. The van der Waals surface area contributed by atoms with Crippen molar-refractivity contribution in [2.75, 3.05) is 5.32 Å². The normalized spacial score (nSPS) is 11.3. The van der Waals surface area contributed by atoms with Crippen LogP contribution in [0.15, 0.2) is 83.4 Å². The van der Waals surface area contributed by atoms with Gasteiger partial charge in [-0.1, -0.05) is 71.9 Å². The topological polar surface area (TPSA) is 83.8 Å². The van der Waals surface area contributed by atoms with Gasteiger partial charge >= 0.3 is 0 Å². The summed E-state index contributed by atoms with van der Waals surface area (Å²) in [6.45, 7) is 1.80. The van der Waals surface area contributed by atoms with E-state index < -0.39 is 0 Å².